The summed E-state index contributed by atoms with van der Waals surface area (Å²) >= 11 is 28.8. The summed E-state index contributed by atoms with van der Waals surface area (Å²) < 4.78 is -1.97. The number of carbonyl (C=O) groups is 2. The Morgan fingerprint density at radius 2 is 1.65 bits per heavy atom. The summed E-state index contributed by atoms with van der Waals surface area (Å²) in [7, 11) is 0. The van der Waals surface area contributed by atoms with Gasteiger partial charge in [0.1, 0.15) is 0 Å². The van der Waals surface area contributed by atoms with Gasteiger partial charge in [0.15, 0.2) is 5.78 Å². The van der Waals surface area contributed by atoms with Gasteiger partial charge in [0.25, 0.3) is 0 Å². The van der Waals surface area contributed by atoms with E-state index in [4.69, 9.17) is 63.1 Å². The van der Waals surface area contributed by atoms with E-state index in [-0.39, 0.29) is 0 Å². The highest BCUT2D eigenvalue weighted by molar-refractivity contribution is 6.69. The number of hydrogen-bond acceptors (Lipinski definition) is 3. The molecule has 0 spiro atoms. The Bertz CT molecular complexity index is 659. The maximum atomic E-state index is 12.3. The Kier molecular flexibility index (Phi) is 7.24. The second kappa shape index (κ2) is 8.27. The molecule has 23 heavy (non-hydrogen) atoms. The number of ketones is 1. The molecule has 0 saturated heterocycles. The highest BCUT2D eigenvalue weighted by atomic mass is 35.6. The van der Waals surface area contributed by atoms with Crippen LogP contribution in [0.1, 0.15) is 11.5 Å². The van der Waals surface area contributed by atoms with E-state index in [1.165, 1.54) is 24.3 Å². The maximum absolute atomic E-state index is 12.3. The van der Waals surface area contributed by atoms with Crippen LogP contribution in [-0.2, 0) is 9.59 Å². The minimum atomic E-state index is -1.97. The van der Waals surface area contributed by atoms with Crippen LogP contribution in [0.5, 0.6) is 0 Å². The van der Waals surface area contributed by atoms with Gasteiger partial charge in [0, 0.05) is 10.1 Å². The molecule has 124 valence electrons. The van der Waals surface area contributed by atoms with Crippen molar-refractivity contribution < 1.29 is 19.8 Å². The summed E-state index contributed by atoms with van der Waals surface area (Å²) in [6.45, 7) is 0. The van der Waals surface area contributed by atoms with E-state index in [0.717, 1.165) is 12.2 Å². The molecule has 0 aromatic heterocycles. The van der Waals surface area contributed by atoms with Gasteiger partial charge in [-0.3, -0.25) is 4.79 Å². The van der Waals surface area contributed by atoms with E-state index in [2.05, 4.69) is 0 Å². The van der Waals surface area contributed by atoms with Crippen LogP contribution in [-0.4, -0.2) is 20.7 Å². The van der Waals surface area contributed by atoms with E-state index in [1.54, 1.807) is 0 Å². The summed E-state index contributed by atoms with van der Waals surface area (Å²) in [4.78, 5) is 22.8. The van der Waals surface area contributed by atoms with E-state index < -0.39 is 32.3 Å². The summed E-state index contributed by atoms with van der Waals surface area (Å²) in [5, 5.41) is 19.4. The second-order valence-electron chi connectivity index (χ2n) is 4.24. The molecule has 0 radical (unpaired) electrons. The van der Waals surface area contributed by atoms with Crippen LogP contribution in [0.15, 0.2) is 47.2 Å². The molecule has 1 aromatic rings. The lowest BCUT2D eigenvalue weighted by Crippen LogP contribution is -2.24. The third-order valence-corrected chi connectivity index (χ3v) is 3.82. The Labute approximate surface area is 156 Å². The van der Waals surface area contributed by atoms with Crippen molar-refractivity contribution in [2.75, 3.05) is 0 Å². The number of carbonyl (C=O) groups excluding carboxylic acids is 1. The summed E-state index contributed by atoms with van der Waals surface area (Å²) in [6, 6.07) is 6.05. The van der Waals surface area contributed by atoms with Gasteiger partial charge < -0.3 is 10.2 Å². The van der Waals surface area contributed by atoms with Gasteiger partial charge in [-0.1, -0.05) is 70.1 Å². The predicted octanol–water partition coefficient (Wildman–Crippen LogP) is 3.81. The van der Waals surface area contributed by atoms with Crippen molar-refractivity contribution in [2.45, 2.75) is 9.71 Å². The lowest BCUT2D eigenvalue weighted by atomic mass is 9.95. The number of carboxylic acid groups (broad SMARTS) is 1. The van der Waals surface area contributed by atoms with Crippen molar-refractivity contribution in [1.29, 1.82) is 0 Å². The molecule has 0 amide bonds. The molecule has 0 saturated carbocycles. The summed E-state index contributed by atoms with van der Waals surface area (Å²) in [5.74, 6) is -4.97. The van der Waals surface area contributed by atoms with E-state index in [1.807, 2.05) is 0 Å². The number of carboxylic acids is 1. The smallest absolute Gasteiger partial charge is 0.321 e. The molecule has 0 bridgehead atoms. The van der Waals surface area contributed by atoms with Crippen LogP contribution < -0.4 is 5.11 Å². The van der Waals surface area contributed by atoms with Gasteiger partial charge in [-0.15, -0.1) is 0 Å². The summed E-state index contributed by atoms with van der Waals surface area (Å²) in [6.07, 6.45) is 1.73. The standard InChI is InChI=1S/C14H9Cl5O4/c15-8-3-1-7(2-4-8)11(14(17,18)19)10(20)6-5-9(16)12(21)13(22)23/h1-6,11,21H,(H,22,23)/p-1/b6-5-,12-9-. The van der Waals surface area contributed by atoms with E-state index >= 15 is 0 Å². The number of aliphatic carboxylic acids is 1. The molecular weight excluding hydrogens is 409 g/mol. The largest absolute Gasteiger partial charge is 0.867 e. The molecular formula is C14H8Cl5O4-. The molecule has 0 heterocycles. The van der Waals surface area contributed by atoms with Crippen molar-refractivity contribution in [3.63, 3.8) is 0 Å². The predicted molar refractivity (Wildman–Crippen MR) is 89.1 cm³/mol. The fraction of sp³-hybridized carbons (Fsp3) is 0.143. The lowest BCUT2D eigenvalue weighted by molar-refractivity contribution is -0.303. The molecule has 0 aliphatic rings. The number of hydrogen-bond donors (Lipinski definition) is 1. The quantitative estimate of drug-likeness (QED) is 0.342. The lowest BCUT2D eigenvalue weighted by Gasteiger charge is -2.22. The average Bonchev–Trinajstić information content (AvgIpc) is 2.44. The molecule has 1 N–H and O–H groups in total. The molecule has 0 fully saturated rings. The average molecular weight is 417 g/mol. The number of benzene rings is 1. The molecule has 9 heteroatoms. The van der Waals surface area contributed by atoms with Crippen LogP contribution in [0.4, 0.5) is 0 Å². The van der Waals surface area contributed by atoms with E-state index in [9.17, 15) is 14.7 Å². The summed E-state index contributed by atoms with van der Waals surface area (Å²) in [5.41, 5.74) is 0.379. The van der Waals surface area contributed by atoms with Crippen molar-refractivity contribution in [2.24, 2.45) is 0 Å². The van der Waals surface area contributed by atoms with Gasteiger partial charge in [0.05, 0.1) is 5.92 Å². The highest BCUT2D eigenvalue weighted by Gasteiger charge is 2.38. The first-order valence-electron chi connectivity index (χ1n) is 5.88. The Balaban J connectivity index is 3.15. The number of rotatable bonds is 5. The topological polar surface area (TPSA) is 77.4 Å². The van der Waals surface area contributed by atoms with Crippen molar-refractivity contribution in [3.8, 4) is 0 Å². The maximum Gasteiger partial charge on any atom is 0.321 e. The number of allylic oxidation sites excluding steroid dienone is 3. The molecule has 1 unspecified atom stereocenters. The SMILES string of the molecule is O=C(O)/C([O-])=C(Cl)\C=C/C(=O)C(c1ccc(Cl)cc1)C(Cl)(Cl)Cl. The third-order valence-electron chi connectivity index (χ3n) is 2.62. The molecule has 4 nitrogen and oxygen atoms in total. The van der Waals surface area contributed by atoms with Crippen LogP contribution >= 0.6 is 58.0 Å². The molecule has 1 rings (SSSR count). The van der Waals surface area contributed by atoms with Crippen LogP contribution in [0.25, 0.3) is 0 Å². The molecule has 0 aliphatic carbocycles. The minimum Gasteiger partial charge on any atom is -0.867 e. The van der Waals surface area contributed by atoms with Crippen molar-refractivity contribution >= 4 is 69.8 Å². The zero-order chi connectivity index (χ0) is 17.8. The molecule has 1 atom stereocenters. The van der Waals surface area contributed by atoms with Gasteiger partial charge >= 0.3 is 5.97 Å². The fourth-order valence-electron chi connectivity index (χ4n) is 1.60. The minimum absolute atomic E-state index is 0.379. The second-order valence-corrected chi connectivity index (χ2v) is 7.46. The first-order chi connectivity index (χ1) is 10.5. The normalized spacial score (nSPS) is 14.5. The number of alkyl halides is 3. The number of halogens is 5. The molecule has 0 aliphatic heterocycles. The van der Waals surface area contributed by atoms with Gasteiger partial charge in [-0.25, -0.2) is 4.79 Å². The van der Waals surface area contributed by atoms with Crippen LogP contribution in [0.3, 0.4) is 0 Å². The zero-order valence-electron chi connectivity index (χ0n) is 11.1. The van der Waals surface area contributed by atoms with Crippen molar-refractivity contribution in [3.05, 3.63) is 57.8 Å². The third kappa shape index (κ3) is 5.90. The first kappa shape index (κ1) is 20.1. The first-order valence-corrected chi connectivity index (χ1v) is 7.77. The van der Waals surface area contributed by atoms with Gasteiger partial charge in [-0.05, 0) is 35.6 Å². The zero-order valence-corrected chi connectivity index (χ0v) is 14.9. The Hall–Kier alpha value is -0.910. The van der Waals surface area contributed by atoms with Crippen molar-refractivity contribution in [1.82, 2.24) is 0 Å². The Morgan fingerprint density at radius 3 is 2.09 bits per heavy atom. The van der Waals surface area contributed by atoms with E-state index in [0.29, 0.717) is 10.6 Å². The van der Waals surface area contributed by atoms with Gasteiger partial charge in [0.2, 0.25) is 3.79 Å². The molecule has 1 aromatic carbocycles. The van der Waals surface area contributed by atoms with Crippen LogP contribution in [0.2, 0.25) is 5.02 Å². The Morgan fingerprint density at radius 1 is 1.13 bits per heavy atom. The highest BCUT2D eigenvalue weighted by Crippen LogP contribution is 2.42. The monoisotopic (exact) mass is 415 g/mol. The van der Waals surface area contributed by atoms with Gasteiger partial charge in [-0.2, -0.15) is 0 Å². The fourth-order valence-corrected chi connectivity index (χ4v) is 2.57. The van der Waals surface area contributed by atoms with Crippen LogP contribution in [0, 0.1) is 0 Å².